The summed E-state index contributed by atoms with van der Waals surface area (Å²) >= 11 is 5.28. The number of aliphatic hydroxyl groups excluding tert-OH is 1. The van der Waals surface area contributed by atoms with Gasteiger partial charge in [-0.05, 0) is 24.5 Å². The maximum absolute atomic E-state index is 11.2. The normalized spacial score (nSPS) is 12.7. The zero-order chi connectivity index (χ0) is 13.9. The standard InChI is InChI=1S/C15H19ClO3/c16-9-8-15(18)11-14(17)7-4-10-19-12-13-5-2-1-3-6-13/h1-3,5-6,8-9,14,17H,4,7,10-12H2/b9-8+/t14-/m1/s1. The maximum atomic E-state index is 11.2. The molecule has 4 heteroatoms. The van der Waals surface area contributed by atoms with Gasteiger partial charge in [0.05, 0.1) is 12.7 Å². The highest BCUT2D eigenvalue weighted by Crippen LogP contribution is 2.06. The first kappa shape index (κ1) is 15.9. The Morgan fingerprint density at radius 3 is 2.79 bits per heavy atom. The SMILES string of the molecule is O=C(/C=C/Cl)C[C@H](O)CCCOCc1ccccc1. The number of carbonyl (C=O) groups is 1. The lowest BCUT2D eigenvalue weighted by Crippen LogP contribution is -2.12. The van der Waals surface area contributed by atoms with Gasteiger partial charge < -0.3 is 9.84 Å². The van der Waals surface area contributed by atoms with Crippen molar-refractivity contribution in [1.82, 2.24) is 0 Å². The van der Waals surface area contributed by atoms with Crippen LogP contribution in [0.25, 0.3) is 0 Å². The van der Waals surface area contributed by atoms with Crippen molar-refractivity contribution in [2.24, 2.45) is 0 Å². The van der Waals surface area contributed by atoms with E-state index in [2.05, 4.69) is 0 Å². The molecule has 0 aliphatic carbocycles. The smallest absolute Gasteiger partial charge is 0.159 e. The summed E-state index contributed by atoms with van der Waals surface area (Å²) in [5.41, 5.74) is 2.29. The van der Waals surface area contributed by atoms with E-state index in [1.54, 1.807) is 0 Å². The highest BCUT2D eigenvalue weighted by Gasteiger charge is 2.08. The first-order valence-electron chi connectivity index (χ1n) is 6.31. The van der Waals surface area contributed by atoms with Crippen LogP contribution in [0.5, 0.6) is 0 Å². The van der Waals surface area contributed by atoms with E-state index in [1.807, 2.05) is 30.3 Å². The summed E-state index contributed by atoms with van der Waals surface area (Å²) in [5, 5.41) is 9.61. The summed E-state index contributed by atoms with van der Waals surface area (Å²) in [5.74, 6) is -0.160. The van der Waals surface area contributed by atoms with E-state index >= 15 is 0 Å². The van der Waals surface area contributed by atoms with Gasteiger partial charge in [-0.2, -0.15) is 0 Å². The number of ketones is 1. The van der Waals surface area contributed by atoms with Crippen molar-refractivity contribution in [3.8, 4) is 0 Å². The molecule has 0 aromatic heterocycles. The van der Waals surface area contributed by atoms with Crippen LogP contribution in [-0.4, -0.2) is 23.6 Å². The van der Waals surface area contributed by atoms with E-state index in [0.717, 1.165) is 17.5 Å². The molecular weight excluding hydrogens is 264 g/mol. The summed E-state index contributed by atoms with van der Waals surface area (Å²) in [7, 11) is 0. The number of ether oxygens (including phenoxy) is 1. The zero-order valence-electron chi connectivity index (χ0n) is 10.8. The minimum atomic E-state index is -0.624. The maximum Gasteiger partial charge on any atom is 0.159 e. The lowest BCUT2D eigenvalue weighted by atomic mass is 10.1. The van der Waals surface area contributed by atoms with Gasteiger partial charge in [-0.15, -0.1) is 0 Å². The Labute approximate surface area is 118 Å². The summed E-state index contributed by atoms with van der Waals surface area (Å²) in [4.78, 5) is 11.2. The number of benzene rings is 1. The van der Waals surface area contributed by atoms with Gasteiger partial charge in [0.2, 0.25) is 0 Å². The van der Waals surface area contributed by atoms with Crippen molar-refractivity contribution in [3.63, 3.8) is 0 Å². The van der Waals surface area contributed by atoms with E-state index in [9.17, 15) is 9.90 Å². The topological polar surface area (TPSA) is 46.5 Å². The van der Waals surface area contributed by atoms with E-state index in [4.69, 9.17) is 16.3 Å². The van der Waals surface area contributed by atoms with Crippen molar-refractivity contribution in [2.45, 2.75) is 32.0 Å². The van der Waals surface area contributed by atoms with Gasteiger partial charge in [-0.3, -0.25) is 4.79 Å². The van der Waals surface area contributed by atoms with Gasteiger partial charge in [0.15, 0.2) is 5.78 Å². The molecule has 0 fully saturated rings. The Bertz CT molecular complexity index is 390. The molecule has 1 N–H and O–H groups in total. The Balaban J connectivity index is 2.06. The largest absolute Gasteiger partial charge is 0.393 e. The molecule has 1 aromatic rings. The molecule has 104 valence electrons. The van der Waals surface area contributed by atoms with Crippen molar-refractivity contribution in [2.75, 3.05) is 6.61 Å². The van der Waals surface area contributed by atoms with Crippen LogP contribution in [-0.2, 0) is 16.1 Å². The van der Waals surface area contributed by atoms with Crippen LogP contribution in [0.1, 0.15) is 24.8 Å². The molecule has 0 spiro atoms. The summed E-state index contributed by atoms with van der Waals surface area (Å²) in [6.07, 6.45) is 2.03. The molecule has 1 atom stereocenters. The molecule has 1 aromatic carbocycles. The molecular formula is C15H19ClO3. The lowest BCUT2D eigenvalue weighted by Gasteiger charge is -2.08. The number of carbonyl (C=O) groups excluding carboxylic acids is 1. The second-order valence-corrected chi connectivity index (χ2v) is 4.55. The highest BCUT2D eigenvalue weighted by molar-refractivity contribution is 6.26. The first-order valence-corrected chi connectivity index (χ1v) is 6.75. The second kappa shape index (κ2) is 9.73. The van der Waals surface area contributed by atoms with Gasteiger partial charge in [0.1, 0.15) is 0 Å². The average Bonchev–Trinajstić information content (AvgIpc) is 2.39. The zero-order valence-corrected chi connectivity index (χ0v) is 11.6. The minimum absolute atomic E-state index is 0.113. The summed E-state index contributed by atoms with van der Waals surface area (Å²) in [6, 6.07) is 9.92. The van der Waals surface area contributed by atoms with Gasteiger partial charge >= 0.3 is 0 Å². The third-order valence-corrected chi connectivity index (χ3v) is 2.75. The molecule has 0 saturated carbocycles. The molecule has 0 saturated heterocycles. The van der Waals surface area contributed by atoms with E-state index in [0.29, 0.717) is 19.6 Å². The molecule has 19 heavy (non-hydrogen) atoms. The number of rotatable bonds is 9. The summed E-state index contributed by atoms with van der Waals surface area (Å²) < 4.78 is 5.49. The third kappa shape index (κ3) is 7.78. The van der Waals surface area contributed by atoms with Crippen LogP contribution < -0.4 is 0 Å². The lowest BCUT2D eigenvalue weighted by molar-refractivity contribution is -0.116. The van der Waals surface area contributed by atoms with Gasteiger partial charge in [-0.1, -0.05) is 41.9 Å². The van der Waals surface area contributed by atoms with Crippen molar-refractivity contribution in [3.05, 3.63) is 47.5 Å². The average molecular weight is 283 g/mol. The molecule has 0 aliphatic rings. The van der Waals surface area contributed by atoms with Crippen molar-refractivity contribution >= 4 is 17.4 Å². The van der Waals surface area contributed by atoms with Crippen LogP contribution in [0.4, 0.5) is 0 Å². The number of aliphatic hydroxyl groups is 1. The number of hydrogen-bond donors (Lipinski definition) is 1. The Hall–Kier alpha value is -1.16. The van der Waals surface area contributed by atoms with Crippen LogP contribution in [0.3, 0.4) is 0 Å². The van der Waals surface area contributed by atoms with Crippen LogP contribution in [0.2, 0.25) is 0 Å². The van der Waals surface area contributed by atoms with Gasteiger partial charge in [0.25, 0.3) is 0 Å². The second-order valence-electron chi connectivity index (χ2n) is 4.30. The Morgan fingerprint density at radius 2 is 2.11 bits per heavy atom. The molecule has 3 nitrogen and oxygen atoms in total. The molecule has 0 radical (unpaired) electrons. The van der Waals surface area contributed by atoms with E-state index in [1.165, 1.54) is 6.08 Å². The van der Waals surface area contributed by atoms with E-state index < -0.39 is 6.10 Å². The Kier molecular flexibility index (Phi) is 8.14. The van der Waals surface area contributed by atoms with Crippen molar-refractivity contribution in [1.29, 1.82) is 0 Å². The van der Waals surface area contributed by atoms with Crippen LogP contribution in [0.15, 0.2) is 41.9 Å². The molecule has 0 aliphatic heterocycles. The monoisotopic (exact) mass is 282 g/mol. The third-order valence-electron chi connectivity index (χ3n) is 2.62. The fourth-order valence-corrected chi connectivity index (χ4v) is 1.80. The first-order chi connectivity index (χ1) is 9.22. The predicted octanol–water partition coefficient (Wildman–Crippen LogP) is 3.06. The van der Waals surface area contributed by atoms with Crippen LogP contribution in [0, 0.1) is 0 Å². The fourth-order valence-electron chi connectivity index (χ4n) is 1.66. The van der Waals surface area contributed by atoms with Crippen molar-refractivity contribution < 1.29 is 14.6 Å². The van der Waals surface area contributed by atoms with E-state index in [-0.39, 0.29) is 12.2 Å². The highest BCUT2D eigenvalue weighted by atomic mass is 35.5. The Morgan fingerprint density at radius 1 is 1.37 bits per heavy atom. The quantitative estimate of drug-likeness (QED) is 0.559. The molecule has 0 amide bonds. The van der Waals surface area contributed by atoms with Crippen LogP contribution >= 0.6 is 11.6 Å². The number of hydrogen-bond acceptors (Lipinski definition) is 3. The van der Waals surface area contributed by atoms with Gasteiger partial charge in [-0.25, -0.2) is 0 Å². The van der Waals surface area contributed by atoms with Gasteiger partial charge in [0, 0.05) is 18.6 Å². The predicted molar refractivity (Wildman–Crippen MR) is 76.0 cm³/mol. The minimum Gasteiger partial charge on any atom is -0.393 e. The summed E-state index contributed by atoms with van der Waals surface area (Å²) in [6.45, 7) is 1.15. The molecule has 1 rings (SSSR count). The molecule has 0 heterocycles. The fraction of sp³-hybridized carbons (Fsp3) is 0.400. The number of allylic oxidation sites excluding steroid dienone is 1. The molecule has 0 bridgehead atoms. The number of halogens is 1. The molecule has 0 unspecified atom stereocenters.